The largest absolute Gasteiger partial charge is 0.378 e. The van der Waals surface area contributed by atoms with Crippen LogP contribution in [-0.4, -0.2) is 73.4 Å². The second-order valence-corrected chi connectivity index (χ2v) is 7.69. The second kappa shape index (κ2) is 9.30. The third-order valence-corrected chi connectivity index (χ3v) is 5.62. The average Bonchev–Trinajstić information content (AvgIpc) is 2.79. The van der Waals surface area contributed by atoms with Crippen LogP contribution in [0.4, 0.5) is 22.1 Å². The summed E-state index contributed by atoms with van der Waals surface area (Å²) >= 11 is 0. The SMILES string of the molecule is CCc1cccc(NC(=O)N2CCN(c3cc(N4CCOCC4)nc(C)n3)CC2)c1. The van der Waals surface area contributed by atoms with E-state index in [1.807, 2.05) is 30.0 Å². The number of carbonyl (C=O) groups excluding carboxylic acids is 1. The van der Waals surface area contributed by atoms with Crippen LogP contribution in [0.3, 0.4) is 0 Å². The molecule has 0 unspecified atom stereocenters. The Kier molecular flexibility index (Phi) is 6.32. The molecule has 8 heteroatoms. The Bertz CT molecular complexity index is 876. The van der Waals surface area contributed by atoms with Gasteiger partial charge in [0.25, 0.3) is 0 Å². The van der Waals surface area contributed by atoms with Crippen LogP contribution < -0.4 is 15.1 Å². The zero-order chi connectivity index (χ0) is 20.9. The fraction of sp³-hybridized carbons (Fsp3) is 0.500. The number of benzene rings is 1. The van der Waals surface area contributed by atoms with E-state index < -0.39 is 0 Å². The first kappa shape index (κ1) is 20.4. The molecule has 0 aliphatic carbocycles. The number of nitrogens with one attached hydrogen (secondary N) is 1. The molecule has 0 bridgehead atoms. The summed E-state index contributed by atoms with van der Waals surface area (Å²) in [5.74, 6) is 2.65. The molecule has 0 spiro atoms. The number of aryl methyl sites for hydroxylation is 2. The van der Waals surface area contributed by atoms with E-state index in [0.29, 0.717) is 13.1 Å². The van der Waals surface area contributed by atoms with Crippen LogP contribution >= 0.6 is 0 Å². The Morgan fingerprint density at radius 3 is 2.33 bits per heavy atom. The van der Waals surface area contributed by atoms with Gasteiger partial charge in [0.2, 0.25) is 0 Å². The lowest BCUT2D eigenvalue weighted by Crippen LogP contribution is -2.50. The van der Waals surface area contributed by atoms with Crippen LogP contribution in [-0.2, 0) is 11.2 Å². The third-order valence-electron chi connectivity index (χ3n) is 5.62. The first-order valence-corrected chi connectivity index (χ1v) is 10.7. The molecule has 1 aromatic carbocycles. The first-order chi connectivity index (χ1) is 14.6. The lowest BCUT2D eigenvalue weighted by Gasteiger charge is -2.36. The number of morpholine rings is 1. The molecule has 1 N–H and O–H groups in total. The Balaban J connectivity index is 1.37. The predicted molar refractivity (Wildman–Crippen MR) is 118 cm³/mol. The summed E-state index contributed by atoms with van der Waals surface area (Å²) in [6, 6.07) is 10.0. The maximum atomic E-state index is 12.7. The molecular formula is C22H30N6O2. The molecule has 0 atom stereocenters. The summed E-state index contributed by atoms with van der Waals surface area (Å²) in [5.41, 5.74) is 2.07. The van der Waals surface area contributed by atoms with E-state index in [4.69, 9.17) is 4.74 Å². The lowest BCUT2D eigenvalue weighted by molar-refractivity contribution is 0.122. The van der Waals surface area contributed by atoms with Crippen LogP contribution in [0.25, 0.3) is 0 Å². The smallest absolute Gasteiger partial charge is 0.321 e. The number of carbonyl (C=O) groups is 1. The maximum Gasteiger partial charge on any atom is 0.321 e. The lowest BCUT2D eigenvalue weighted by atomic mass is 10.1. The van der Waals surface area contributed by atoms with E-state index in [9.17, 15) is 4.79 Å². The molecule has 160 valence electrons. The number of anilines is 3. The minimum atomic E-state index is -0.0456. The van der Waals surface area contributed by atoms with Gasteiger partial charge in [0.05, 0.1) is 13.2 Å². The predicted octanol–water partition coefficient (Wildman–Crippen LogP) is 2.54. The highest BCUT2D eigenvalue weighted by molar-refractivity contribution is 5.89. The van der Waals surface area contributed by atoms with Crippen molar-refractivity contribution in [2.45, 2.75) is 20.3 Å². The Hall–Kier alpha value is -2.87. The Morgan fingerprint density at radius 2 is 1.67 bits per heavy atom. The number of amides is 2. The van der Waals surface area contributed by atoms with Gasteiger partial charge in [-0.1, -0.05) is 19.1 Å². The van der Waals surface area contributed by atoms with E-state index in [1.165, 1.54) is 5.56 Å². The van der Waals surface area contributed by atoms with Crippen LogP contribution in [0.2, 0.25) is 0 Å². The van der Waals surface area contributed by atoms with Gasteiger partial charge in [-0.25, -0.2) is 14.8 Å². The highest BCUT2D eigenvalue weighted by atomic mass is 16.5. The van der Waals surface area contributed by atoms with Gasteiger partial charge < -0.3 is 24.8 Å². The van der Waals surface area contributed by atoms with Gasteiger partial charge >= 0.3 is 6.03 Å². The summed E-state index contributed by atoms with van der Waals surface area (Å²) in [7, 11) is 0. The number of hydrogen-bond acceptors (Lipinski definition) is 6. The molecule has 1 aromatic heterocycles. The summed E-state index contributed by atoms with van der Waals surface area (Å²) in [4.78, 5) is 28.3. The maximum absolute atomic E-state index is 12.7. The summed E-state index contributed by atoms with van der Waals surface area (Å²) in [6.45, 7) is 10.0. The number of hydrogen-bond donors (Lipinski definition) is 1. The van der Waals surface area contributed by atoms with Crippen LogP contribution in [0.5, 0.6) is 0 Å². The zero-order valence-corrected chi connectivity index (χ0v) is 17.8. The van der Waals surface area contributed by atoms with Gasteiger partial charge in [0, 0.05) is 51.0 Å². The second-order valence-electron chi connectivity index (χ2n) is 7.69. The standard InChI is InChI=1S/C22H30N6O2/c1-3-18-5-4-6-19(15-18)25-22(29)28-9-7-26(8-10-28)20-16-21(24-17(2)23-20)27-11-13-30-14-12-27/h4-6,15-16H,3,7-14H2,1-2H3,(H,25,29). The van der Waals surface area contributed by atoms with Crippen molar-refractivity contribution in [1.82, 2.24) is 14.9 Å². The average molecular weight is 411 g/mol. The number of ether oxygens (including phenoxy) is 1. The summed E-state index contributed by atoms with van der Waals surface area (Å²) in [6.07, 6.45) is 0.952. The van der Waals surface area contributed by atoms with Crippen molar-refractivity contribution in [3.63, 3.8) is 0 Å². The van der Waals surface area contributed by atoms with Gasteiger partial charge in [0.15, 0.2) is 0 Å². The van der Waals surface area contributed by atoms with Crippen molar-refractivity contribution >= 4 is 23.4 Å². The molecular weight excluding hydrogens is 380 g/mol. The van der Waals surface area contributed by atoms with E-state index in [2.05, 4.69) is 44.1 Å². The molecule has 2 fully saturated rings. The van der Waals surface area contributed by atoms with E-state index in [0.717, 1.165) is 69.0 Å². The molecule has 0 radical (unpaired) electrons. The van der Waals surface area contributed by atoms with Crippen molar-refractivity contribution < 1.29 is 9.53 Å². The number of aromatic nitrogens is 2. The molecule has 0 saturated carbocycles. The summed E-state index contributed by atoms with van der Waals surface area (Å²) in [5, 5.41) is 3.03. The molecule has 2 aliphatic rings. The van der Waals surface area contributed by atoms with Crippen molar-refractivity contribution in [2.24, 2.45) is 0 Å². The first-order valence-electron chi connectivity index (χ1n) is 10.7. The monoisotopic (exact) mass is 410 g/mol. The number of urea groups is 1. The topological polar surface area (TPSA) is 73.8 Å². The fourth-order valence-electron chi connectivity index (χ4n) is 3.86. The molecule has 2 amide bonds. The minimum Gasteiger partial charge on any atom is -0.378 e. The normalized spacial score (nSPS) is 17.2. The van der Waals surface area contributed by atoms with E-state index in [1.54, 1.807) is 0 Å². The van der Waals surface area contributed by atoms with Gasteiger partial charge in [-0.3, -0.25) is 0 Å². The quantitative estimate of drug-likeness (QED) is 0.835. The Labute approximate surface area is 177 Å². The number of piperazine rings is 1. The highest BCUT2D eigenvalue weighted by Gasteiger charge is 2.23. The van der Waals surface area contributed by atoms with Crippen molar-refractivity contribution in [1.29, 1.82) is 0 Å². The fourth-order valence-corrected chi connectivity index (χ4v) is 3.86. The summed E-state index contributed by atoms with van der Waals surface area (Å²) < 4.78 is 5.45. The third kappa shape index (κ3) is 4.81. The molecule has 3 heterocycles. The minimum absolute atomic E-state index is 0.0456. The number of nitrogens with zero attached hydrogens (tertiary/aromatic N) is 5. The van der Waals surface area contributed by atoms with E-state index >= 15 is 0 Å². The molecule has 4 rings (SSSR count). The molecule has 2 aliphatic heterocycles. The van der Waals surface area contributed by atoms with Gasteiger partial charge in [-0.2, -0.15) is 0 Å². The van der Waals surface area contributed by atoms with Crippen molar-refractivity contribution in [3.05, 3.63) is 41.7 Å². The molecule has 30 heavy (non-hydrogen) atoms. The van der Waals surface area contributed by atoms with Gasteiger partial charge in [0.1, 0.15) is 17.5 Å². The van der Waals surface area contributed by atoms with Crippen LogP contribution in [0.1, 0.15) is 18.3 Å². The van der Waals surface area contributed by atoms with Gasteiger partial charge in [-0.15, -0.1) is 0 Å². The number of rotatable bonds is 4. The van der Waals surface area contributed by atoms with Crippen LogP contribution in [0, 0.1) is 6.92 Å². The highest BCUT2D eigenvalue weighted by Crippen LogP contribution is 2.21. The van der Waals surface area contributed by atoms with Gasteiger partial charge in [-0.05, 0) is 31.0 Å². The Morgan fingerprint density at radius 1 is 1.00 bits per heavy atom. The molecule has 2 aromatic rings. The van der Waals surface area contributed by atoms with Crippen LogP contribution in [0.15, 0.2) is 30.3 Å². The van der Waals surface area contributed by atoms with Crippen molar-refractivity contribution in [2.75, 3.05) is 67.6 Å². The molecule has 8 nitrogen and oxygen atoms in total. The van der Waals surface area contributed by atoms with Crippen molar-refractivity contribution in [3.8, 4) is 0 Å². The van der Waals surface area contributed by atoms with E-state index in [-0.39, 0.29) is 6.03 Å². The zero-order valence-electron chi connectivity index (χ0n) is 17.8. The molecule has 2 saturated heterocycles.